The number of nitrogens with zero attached hydrogens (tertiary/aromatic N) is 2. The number of morpholine rings is 1. The first-order chi connectivity index (χ1) is 11.3. The molecular weight excluding hydrogens is 316 g/mol. The lowest BCUT2D eigenvalue weighted by Crippen LogP contribution is -2.49. The molecule has 0 saturated carbocycles. The van der Waals surface area contributed by atoms with Crippen LogP contribution in [-0.4, -0.2) is 53.6 Å². The predicted molar refractivity (Wildman–Crippen MR) is 84.7 cm³/mol. The van der Waals surface area contributed by atoms with Gasteiger partial charge < -0.3 is 14.4 Å². The van der Waals surface area contributed by atoms with E-state index in [2.05, 4.69) is 0 Å². The van der Waals surface area contributed by atoms with Gasteiger partial charge in [0.1, 0.15) is 0 Å². The van der Waals surface area contributed by atoms with Gasteiger partial charge >= 0.3 is 5.97 Å². The van der Waals surface area contributed by atoms with E-state index in [-0.39, 0.29) is 29.4 Å². The van der Waals surface area contributed by atoms with E-state index in [1.807, 2.05) is 13.8 Å². The Morgan fingerprint density at radius 3 is 2.54 bits per heavy atom. The summed E-state index contributed by atoms with van der Waals surface area (Å²) < 4.78 is 10.5. The van der Waals surface area contributed by atoms with Crippen LogP contribution in [0.2, 0.25) is 0 Å². The van der Waals surface area contributed by atoms with Crippen LogP contribution in [0.1, 0.15) is 29.8 Å². The van der Waals surface area contributed by atoms with Crippen LogP contribution >= 0.6 is 0 Å². The highest BCUT2D eigenvalue weighted by molar-refractivity contribution is 5.92. The number of aryl methyl sites for hydroxylation is 1. The molecule has 8 nitrogen and oxygen atoms in total. The largest absolute Gasteiger partial charge is 0.452 e. The molecule has 0 bridgehead atoms. The maximum absolute atomic E-state index is 12.1. The second-order valence-electron chi connectivity index (χ2n) is 5.89. The first-order valence-electron chi connectivity index (χ1n) is 7.63. The summed E-state index contributed by atoms with van der Waals surface area (Å²) in [6.07, 6.45) is -0.152. The molecule has 0 radical (unpaired) electrons. The van der Waals surface area contributed by atoms with Crippen molar-refractivity contribution in [2.75, 3.05) is 19.7 Å². The fourth-order valence-corrected chi connectivity index (χ4v) is 2.62. The molecule has 0 unspecified atom stereocenters. The summed E-state index contributed by atoms with van der Waals surface area (Å²) in [6.45, 7) is 5.80. The van der Waals surface area contributed by atoms with Crippen LogP contribution in [0.25, 0.3) is 0 Å². The maximum Gasteiger partial charge on any atom is 0.338 e. The minimum absolute atomic E-state index is 0.0452. The molecule has 1 fully saturated rings. The molecule has 1 aromatic carbocycles. The van der Waals surface area contributed by atoms with E-state index in [0.29, 0.717) is 18.7 Å². The SMILES string of the molecule is Cc1ccc(C(=O)OCC(=O)N2C[C@@H](C)O[C@@H](C)C2)cc1[N+](=O)[O-]. The monoisotopic (exact) mass is 336 g/mol. The number of carbonyl (C=O) groups excluding carboxylic acids is 2. The van der Waals surface area contributed by atoms with Gasteiger partial charge in [-0.25, -0.2) is 4.79 Å². The van der Waals surface area contributed by atoms with Crippen LogP contribution in [0.15, 0.2) is 18.2 Å². The Morgan fingerprint density at radius 1 is 1.33 bits per heavy atom. The number of hydrogen-bond acceptors (Lipinski definition) is 6. The molecule has 1 aliphatic rings. The number of nitro groups is 1. The highest BCUT2D eigenvalue weighted by atomic mass is 16.6. The summed E-state index contributed by atoms with van der Waals surface area (Å²) in [5.41, 5.74) is 0.333. The Hall–Kier alpha value is -2.48. The van der Waals surface area contributed by atoms with Crippen LogP contribution < -0.4 is 0 Å². The van der Waals surface area contributed by atoms with Gasteiger partial charge in [-0.2, -0.15) is 0 Å². The molecule has 8 heteroatoms. The predicted octanol–water partition coefficient (Wildman–Crippen LogP) is 1.70. The van der Waals surface area contributed by atoms with Gasteiger partial charge in [-0.05, 0) is 26.8 Å². The standard InChI is InChI=1S/C16H20N2O6/c1-10-4-5-13(6-14(10)18(21)22)16(20)23-9-15(19)17-7-11(2)24-12(3)8-17/h4-6,11-12H,7-9H2,1-3H3/t11-,12+. The van der Waals surface area contributed by atoms with Crippen molar-refractivity contribution in [3.63, 3.8) is 0 Å². The van der Waals surface area contributed by atoms with Crippen molar-refractivity contribution < 1.29 is 24.0 Å². The van der Waals surface area contributed by atoms with Crippen molar-refractivity contribution in [3.05, 3.63) is 39.4 Å². The van der Waals surface area contributed by atoms with Gasteiger partial charge in [0.15, 0.2) is 6.61 Å². The molecular formula is C16H20N2O6. The summed E-state index contributed by atoms with van der Waals surface area (Å²) >= 11 is 0. The van der Waals surface area contributed by atoms with Gasteiger partial charge in [-0.1, -0.05) is 6.07 Å². The average molecular weight is 336 g/mol. The van der Waals surface area contributed by atoms with Gasteiger partial charge in [0, 0.05) is 24.7 Å². The molecule has 2 atom stereocenters. The lowest BCUT2D eigenvalue weighted by molar-refractivity contribution is -0.385. The van der Waals surface area contributed by atoms with Crippen LogP contribution in [0.5, 0.6) is 0 Å². The molecule has 130 valence electrons. The third-order valence-corrected chi connectivity index (χ3v) is 3.74. The van der Waals surface area contributed by atoms with Crippen molar-refractivity contribution in [3.8, 4) is 0 Å². The molecule has 24 heavy (non-hydrogen) atoms. The van der Waals surface area contributed by atoms with Gasteiger partial charge in [0.05, 0.1) is 22.7 Å². The Bertz CT molecular complexity index is 650. The summed E-state index contributed by atoms with van der Waals surface area (Å²) in [5.74, 6) is -1.08. The number of carbonyl (C=O) groups is 2. The Kier molecular flexibility index (Phi) is 5.50. The summed E-state index contributed by atoms with van der Waals surface area (Å²) in [7, 11) is 0. The number of rotatable bonds is 4. The first-order valence-corrected chi connectivity index (χ1v) is 7.63. The van der Waals surface area contributed by atoms with E-state index in [0.717, 1.165) is 6.07 Å². The highest BCUT2D eigenvalue weighted by Crippen LogP contribution is 2.20. The summed E-state index contributed by atoms with van der Waals surface area (Å²) in [5, 5.41) is 10.9. The average Bonchev–Trinajstić information content (AvgIpc) is 2.51. The van der Waals surface area contributed by atoms with Crippen molar-refractivity contribution in [2.24, 2.45) is 0 Å². The second kappa shape index (κ2) is 7.39. The normalized spacial score (nSPS) is 20.5. The third kappa shape index (κ3) is 4.29. The zero-order valence-electron chi connectivity index (χ0n) is 13.9. The zero-order chi connectivity index (χ0) is 17.9. The van der Waals surface area contributed by atoms with E-state index in [9.17, 15) is 19.7 Å². The molecule has 2 rings (SSSR count). The molecule has 0 N–H and O–H groups in total. The van der Waals surface area contributed by atoms with Crippen molar-refractivity contribution in [2.45, 2.75) is 33.0 Å². The number of benzene rings is 1. The minimum Gasteiger partial charge on any atom is -0.452 e. The minimum atomic E-state index is -0.763. The number of hydrogen-bond donors (Lipinski definition) is 0. The van der Waals surface area contributed by atoms with Crippen LogP contribution in [0, 0.1) is 17.0 Å². The molecule has 1 amide bonds. The fraction of sp³-hybridized carbons (Fsp3) is 0.500. The van der Waals surface area contributed by atoms with Gasteiger partial charge in [0.2, 0.25) is 0 Å². The number of amides is 1. The third-order valence-electron chi connectivity index (χ3n) is 3.74. The van der Waals surface area contributed by atoms with Gasteiger partial charge in [0.25, 0.3) is 11.6 Å². The summed E-state index contributed by atoms with van der Waals surface area (Å²) in [6, 6.07) is 4.07. The molecule has 1 aromatic rings. The van der Waals surface area contributed by atoms with E-state index in [4.69, 9.17) is 9.47 Å². The Morgan fingerprint density at radius 2 is 1.96 bits per heavy atom. The summed E-state index contributed by atoms with van der Waals surface area (Å²) in [4.78, 5) is 36.1. The molecule has 1 saturated heterocycles. The van der Waals surface area contributed by atoms with Crippen LogP contribution in [0.3, 0.4) is 0 Å². The topological polar surface area (TPSA) is 99.0 Å². The molecule has 0 aromatic heterocycles. The smallest absolute Gasteiger partial charge is 0.338 e. The molecule has 1 aliphatic heterocycles. The van der Waals surface area contributed by atoms with E-state index in [1.54, 1.807) is 11.8 Å². The fourth-order valence-electron chi connectivity index (χ4n) is 2.62. The van der Waals surface area contributed by atoms with Crippen LogP contribution in [-0.2, 0) is 14.3 Å². The lowest BCUT2D eigenvalue weighted by Gasteiger charge is -2.35. The van der Waals surface area contributed by atoms with Crippen molar-refractivity contribution >= 4 is 17.6 Å². The lowest BCUT2D eigenvalue weighted by atomic mass is 10.1. The van der Waals surface area contributed by atoms with E-state index >= 15 is 0 Å². The van der Waals surface area contributed by atoms with E-state index < -0.39 is 17.5 Å². The first kappa shape index (κ1) is 17.9. The number of ether oxygens (including phenoxy) is 2. The van der Waals surface area contributed by atoms with Crippen molar-refractivity contribution in [1.82, 2.24) is 4.90 Å². The molecule has 1 heterocycles. The Labute approximate surface area is 139 Å². The van der Waals surface area contributed by atoms with E-state index in [1.165, 1.54) is 12.1 Å². The number of nitro benzene ring substituents is 1. The zero-order valence-corrected chi connectivity index (χ0v) is 13.9. The van der Waals surface area contributed by atoms with Crippen LogP contribution in [0.4, 0.5) is 5.69 Å². The Balaban J connectivity index is 1.96. The maximum atomic E-state index is 12.1. The van der Waals surface area contributed by atoms with Crippen molar-refractivity contribution in [1.29, 1.82) is 0 Å². The molecule has 0 aliphatic carbocycles. The van der Waals surface area contributed by atoms with Gasteiger partial charge in [-0.3, -0.25) is 14.9 Å². The highest BCUT2D eigenvalue weighted by Gasteiger charge is 2.26. The number of esters is 1. The molecule has 0 spiro atoms. The van der Waals surface area contributed by atoms with Gasteiger partial charge in [-0.15, -0.1) is 0 Å². The second-order valence-corrected chi connectivity index (χ2v) is 5.89. The quantitative estimate of drug-likeness (QED) is 0.471.